The number of hydrogen-bond donors (Lipinski definition) is 2. The van der Waals surface area contributed by atoms with E-state index in [1.54, 1.807) is 18.5 Å². The monoisotopic (exact) mass is 258 g/mol. The maximum absolute atomic E-state index is 12.1. The summed E-state index contributed by atoms with van der Waals surface area (Å²) in [5.74, 6) is -0.130. The van der Waals surface area contributed by atoms with Crippen LogP contribution in [-0.4, -0.2) is 28.5 Å². The van der Waals surface area contributed by atoms with Gasteiger partial charge in [-0.05, 0) is 25.0 Å². The summed E-state index contributed by atoms with van der Waals surface area (Å²) in [5.41, 5.74) is 7.72. The smallest absolute Gasteiger partial charge is 0.253 e. The van der Waals surface area contributed by atoms with Gasteiger partial charge in [-0.25, -0.2) is 0 Å². The van der Waals surface area contributed by atoms with Crippen LogP contribution in [0.2, 0.25) is 0 Å². The molecule has 19 heavy (non-hydrogen) atoms. The standard InChI is InChI=1S/C14H18N4O/c1-2-10(15)6-7-18-14(19)11-4-3-5-12-13(11)17-9-8-16-12/h3-5,8-10H,2,6-7,15H2,1H3,(H,18,19). The van der Waals surface area contributed by atoms with Crippen LogP contribution in [-0.2, 0) is 0 Å². The Morgan fingerprint density at radius 3 is 2.95 bits per heavy atom. The number of rotatable bonds is 5. The number of nitrogens with zero attached hydrogens (tertiary/aromatic N) is 2. The molecule has 0 radical (unpaired) electrons. The first-order chi connectivity index (χ1) is 9.22. The highest BCUT2D eigenvalue weighted by Gasteiger charge is 2.11. The van der Waals surface area contributed by atoms with Crippen molar-refractivity contribution >= 4 is 16.9 Å². The molecule has 1 aromatic carbocycles. The summed E-state index contributed by atoms with van der Waals surface area (Å²) in [6.45, 7) is 2.61. The highest BCUT2D eigenvalue weighted by Crippen LogP contribution is 2.13. The van der Waals surface area contributed by atoms with Crippen LogP contribution in [0.15, 0.2) is 30.6 Å². The molecule has 0 spiro atoms. The summed E-state index contributed by atoms with van der Waals surface area (Å²) >= 11 is 0. The third-order valence-electron chi connectivity index (χ3n) is 3.07. The Morgan fingerprint density at radius 1 is 1.37 bits per heavy atom. The SMILES string of the molecule is CCC(N)CCNC(=O)c1cccc2nccnc12. The molecule has 0 aliphatic rings. The second-order valence-corrected chi connectivity index (χ2v) is 4.44. The second kappa shape index (κ2) is 6.24. The summed E-state index contributed by atoms with van der Waals surface area (Å²) in [6.07, 6.45) is 4.89. The van der Waals surface area contributed by atoms with Crippen molar-refractivity contribution in [1.29, 1.82) is 0 Å². The zero-order valence-electron chi connectivity index (χ0n) is 11.0. The fraction of sp³-hybridized carbons (Fsp3) is 0.357. The van der Waals surface area contributed by atoms with Crippen molar-refractivity contribution in [1.82, 2.24) is 15.3 Å². The Labute approximate surface area is 112 Å². The second-order valence-electron chi connectivity index (χ2n) is 4.44. The van der Waals surface area contributed by atoms with E-state index in [9.17, 15) is 4.79 Å². The van der Waals surface area contributed by atoms with Crippen molar-refractivity contribution in [3.05, 3.63) is 36.2 Å². The third kappa shape index (κ3) is 3.26. The van der Waals surface area contributed by atoms with Crippen LogP contribution in [0.4, 0.5) is 0 Å². The molecule has 1 atom stereocenters. The number of carbonyl (C=O) groups excluding carboxylic acids is 1. The van der Waals surface area contributed by atoms with Crippen LogP contribution in [0.25, 0.3) is 11.0 Å². The van der Waals surface area contributed by atoms with E-state index in [0.717, 1.165) is 18.4 Å². The number of nitrogens with two attached hydrogens (primary N) is 1. The molecule has 0 saturated heterocycles. The van der Waals surface area contributed by atoms with E-state index in [1.165, 1.54) is 0 Å². The zero-order valence-corrected chi connectivity index (χ0v) is 11.0. The Bertz CT molecular complexity index is 565. The normalized spacial score (nSPS) is 12.3. The van der Waals surface area contributed by atoms with Gasteiger partial charge in [-0.15, -0.1) is 0 Å². The fourth-order valence-corrected chi connectivity index (χ4v) is 1.85. The Kier molecular flexibility index (Phi) is 4.41. The van der Waals surface area contributed by atoms with Crippen LogP contribution in [0.5, 0.6) is 0 Å². The molecule has 0 fully saturated rings. The molecule has 1 heterocycles. The minimum Gasteiger partial charge on any atom is -0.352 e. The largest absolute Gasteiger partial charge is 0.352 e. The van der Waals surface area contributed by atoms with Crippen LogP contribution in [0, 0.1) is 0 Å². The first-order valence-corrected chi connectivity index (χ1v) is 6.46. The van der Waals surface area contributed by atoms with Crippen molar-refractivity contribution in [2.24, 2.45) is 5.73 Å². The molecule has 1 unspecified atom stereocenters. The first kappa shape index (κ1) is 13.4. The molecule has 0 bridgehead atoms. The van der Waals surface area contributed by atoms with Crippen molar-refractivity contribution in [3.63, 3.8) is 0 Å². The summed E-state index contributed by atoms with van der Waals surface area (Å²) in [4.78, 5) is 20.5. The topological polar surface area (TPSA) is 80.9 Å². The number of nitrogens with one attached hydrogen (secondary N) is 1. The molecule has 2 rings (SSSR count). The van der Waals surface area contributed by atoms with Gasteiger partial charge < -0.3 is 11.1 Å². The van der Waals surface area contributed by atoms with Gasteiger partial charge in [0.05, 0.1) is 11.1 Å². The van der Waals surface area contributed by atoms with Gasteiger partial charge in [-0.2, -0.15) is 0 Å². The van der Waals surface area contributed by atoms with E-state index in [0.29, 0.717) is 17.6 Å². The summed E-state index contributed by atoms with van der Waals surface area (Å²) in [7, 11) is 0. The number of benzene rings is 1. The van der Waals surface area contributed by atoms with Gasteiger partial charge in [0.2, 0.25) is 0 Å². The van der Waals surface area contributed by atoms with Gasteiger partial charge in [0, 0.05) is 25.0 Å². The lowest BCUT2D eigenvalue weighted by molar-refractivity contribution is 0.0954. The predicted octanol–water partition coefficient (Wildman–Crippen LogP) is 1.49. The van der Waals surface area contributed by atoms with Crippen LogP contribution < -0.4 is 11.1 Å². The van der Waals surface area contributed by atoms with E-state index < -0.39 is 0 Å². The first-order valence-electron chi connectivity index (χ1n) is 6.46. The quantitative estimate of drug-likeness (QED) is 0.851. The number of aromatic nitrogens is 2. The fourth-order valence-electron chi connectivity index (χ4n) is 1.85. The number of para-hydroxylation sites is 1. The zero-order chi connectivity index (χ0) is 13.7. The van der Waals surface area contributed by atoms with Gasteiger partial charge in [0.25, 0.3) is 5.91 Å². The molecule has 0 aliphatic heterocycles. The molecule has 1 amide bonds. The number of hydrogen-bond acceptors (Lipinski definition) is 4. The Morgan fingerprint density at radius 2 is 2.16 bits per heavy atom. The molecule has 2 aromatic rings. The number of carbonyl (C=O) groups is 1. The average molecular weight is 258 g/mol. The van der Waals surface area contributed by atoms with E-state index >= 15 is 0 Å². The van der Waals surface area contributed by atoms with Crippen LogP contribution >= 0.6 is 0 Å². The van der Waals surface area contributed by atoms with Crippen molar-refractivity contribution in [2.75, 3.05) is 6.54 Å². The average Bonchev–Trinajstić information content (AvgIpc) is 2.46. The summed E-state index contributed by atoms with van der Waals surface area (Å²) < 4.78 is 0. The molecule has 5 nitrogen and oxygen atoms in total. The van der Waals surface area contributed by atoms with Gasteiger partial charge in [0.1, 0.15) is 5.52 Å². The predicted molar refractivity (Wildman–Crippen MR) is 74.8 cm³/mol. The van der Waals surface area contributed by atoms with E-state index in [1.807, 2.05) is 19.1 Å². The molecular weight excluding hydrogens is 240 g/mol. The van der Waals surface area contributed by atoms with Crippen molar-refractivity contribution < 1.29 is 4.79 Å². The molecule has 0 aliphatic carbocycles. The molecule has 1 aromatic heterocycles. The minimum absolute atomic E-state index is 0.130. The van der Waals surface area contributed by atoms with Crippen molar-refractivity contribution in [2.45, 2.75) is 25.8 Å². The van der Waals surface area contributed by atoms with E-state index in [4.69, 9.17) is 5.73 Å². The summed E-state index contributed by atoms with van der Waals surface area (Å²) in [5, 5.41) is 2.87. The van der Waals surface area contributed by atoms with E-state index in [2.05, 4.69) is 15.3 Å². The lowest BCUT2D eigenvalue weighted by atomic mass is 10.1. The number of amides is 1. The Hall–Kier alpha value is -2.01. The lowest BCUT2D eigenvalue weighted by Gasteiger charge is -2.10. The molecule has 0 saturated carbocycles. The maximum Gasteiger partial charge on any atom is 0.253 e. The maximum atomic E-state index is 12.1. The van der Waals surface area contributed by atoms with Gasteiger partial charge in [-0.3, -0.25) is 14.8 Å². The molecule has 100 valence electrons. The molecule has 5 heteroatoms. The Balaban J connectivity index is 2.09. The molecule has 3 N–H and O–H groups in total. The highest BCUT2D eigenvalue weighted by molar-refractivity contribution is 6.04. The van der Waals surface area contributed by atoms with Gasteiger partial charge in [0.15, 0.2) is 0 Å². The van der Waals surface area contributed by atoms with Gasteiger partial charge >= 0.3 is 0 Å². The molecular formula is C14H18N4O. The van der Waals surface area contributed by atoms with Crippen LogP contribution in [0.3, 0.4) is 0 Å². The van der Waals surface area contributed by atoms with Gasteiger partial charge in [-0.1, -0.05) is 13.0 Å². The lowest BCUT2D eigenvalue weighted by Crippen LogP contribution is -2.30. The van der Waals surface area contributed by atoms with E-state index in [-0.39, 0.29) is 11.9 Å². The summed E-state index contributed by atoms with van der Waals surface area (Å²) in [6, 6.07) is 5.54. The van der Waals surface area contributed by atoms with Crippen LogP contribution in [0.1, 0.15) is 30.1 Å². The third-order valence-corrected chi connectivity index (χ3v) is 3.07. The minimum atomic E-state index is -0.130. The van der Waals surface area contributed by atoms with Crippen molar-refractivity contribution in [3.8, 4) is 0 Å². The highest BCUT2D eigenvalue weighted by atomic mass is 16.1. The number of fused-ring (bicyclic) bond motifs is 1.